The Labute approximate surface area is 62.1 Å². The lowest BCUT2D eigenvalue weighted by atomic mass is 10.4. The lowest BCUT2D eigenvalue weighted by Gasteiger charge is -2.01. The van der Waals surface area contributed by atoms with Gasteiger partial charge in [-0.05, 0) is 23.3 Å². The van der Waals surface area contributed by atoms with Crippen molar-refractivity contribution in [1.29, 1.82) is 0 Å². The number of benzene rings is 1. The molecule has 3 heteroatoms. The van der Waals surface area contributed by atoms with E-state index in [9.17, 15) is 8.94 Å². The van der Waals surface area contributed by atoms with Crippen molar-refractivity contribution in [2.75, 3.05) is 6.26 Å². The largest absolute Gasteiger partial charge is 0.612 e. The minimum absolute atomic E-state index is 0.422. The maximum Gasteiger partial charge on any atom is 0.153 e. The normalized spacial score (nSPS) is 13.1. The zero-order valence-corrected chi connectivity index (χ0v) is 6.24. The van der Waals surface area contributed by atoms with Gasteiger partial charge in [-0.3, -0.25) is 0 Å². The van der Waals surface area contributed by atoms with Gasteiger partial charge in [-0.1, -0.05) is 0 Å². The second-order valence-electron chi connectivity index (χ2n) is 1.83. The smallest absolute Gasteiger partial charge is 0.153 e. The molecule has 0 aliphatic rings. The molecule has 1 aromatic rings. The van der Waals surface area contributed by atoms with E-state index in [1.54, 1.807) is 6.26 Å². The molecule has 1 radical (unpaired) electrons. The highest BCUT2D eigenvalue weighted by Gasteiger charge is 2.01. The van der Waals surface area contributed by atoms with Crippen LogP contribution in [0.25, 0.3) is 0 Å². The lowest BCUT2D eigenvalue weighted by molar-refractivity contribution is 0.599. The minimum atomic E-state index is -1.04. The highest BCUT2D eigenvalue weighted by Crippen LogP contribution is 2.07. The van der Waals surface area contributed by atoms with Crippen molar-refractivity contribution in [3.63, 3.8) is 0 Å². The number of hydrogen-bond donors (Lipinski definition) is 0. The van der Waals surface area contributed by atoms with E-state index in [0.29, 0.717) is 4.90 Å². The molecule has 0 N–H and O–H groups in total. The van der Waals surface area contributed by atoms with Gasteiger partial charge in [0.05, 0.1) is 0 Å². The number of halogens is 1. The van der Waals surface area contributed by atoms with E-state index in [0.717, 1.165) is 0 Å². The molecule has 0 bridgehead atoms. The van der Waals surface area contributed by atoms with Crippen LogP contribution in [-0.2, 0) is 11.2 Å². The van der Waals surface area contributed by atoms with Crippen LogP contribution in [0, 0.1) is 11.9 Å². The van der Waals surface area contributed by atoms with Crippen molar-refractivity contribution >= 4 is 11.2 Å². The fourth-order valence-electron chi connectivity index (χ4n) is 0.570. The van der Waals surface area contributed by atoms with Crippen molar-refractivity contribution in [2.24, 2.45) is 0 Å². The topological polar surface area (TPSA) is 23.1 Å². The predicted molar refractivity (Wildman–Crippen MR) is 37.6 cm³/mol. The third-order valence-corrected chi connectivity index (χ3v) is 2.00. The van der Waals surface area contributed by atoms with E-state index in [2.05, 4.69) is 6.07 Å². The van der Waals surface area contributed by atoms with Crippen molar-refractivity contribution in [1.82, 2.24) is 0 Å². The van der Waals surface area contributed by atoms with Gasteiger partial charge < -0.3 is 4.55 Å². The van der Waals surface area contributed by atoms with E-state index < -0.39 is 17.0 Å². The third kappa shape index (κ3) is 1.72. The summed E-state index contributed by atoms with van der Waals surface area (Å²) in [6, 6.07) is 6.45. The zero-order valence-electron chi connectivity index (χ0n) is 5.43. The first-order valence-corrected chi connectivity index (χ1v) is 4.26. The van der Waals surface area contributed by atoms with Crippen LogP contribution in [0.4, 0.5) is 4.39 Å². The number of hydrogen-bond acceptors (Lipinski definition) is 1. The van der Waals surface area contributed by atoms with E-state index in [1.165, 1.54) is 18.2 Å². The molecule has 53 valence electrons. The maximum atomic E-state index is 12.2. The van der Waals surface area contributed by atoms with Gasteiger partial charge in [-0.15, -0.1) is 0 Å². The molecule has 0 saturated heterocycles. The fourth-order valence-corrected chi connectivity index (χ4v) is 1.05. The highest BCUT2D eigenvalue weighted by atomic mass is 32.2. The molecule has 0 fully saturated rings. The second kappa shape index (κ2) is 3.03. The Bertz CT molecular complexity index is 207. The Morgan fingerprint density at radius 3 is 2.70 bits per heavy atom. The van der Waals surface area contributed by atoms with Crippen LogP contribution in [0.5, 0.6) is 0 Å². The zero-order chi connectivity index (χ0) is 7.56. The summed E-state index contributed by atoms with van der Waals surface area (Å²) in [5.74, 6) is -0.422. The summed E-state index contributed by atoms with van der Waals surface area (Å²) in [6.07, 6.45) is 1.54. The standard InChI is InChI=1S/C7H6FOS/c1-10(9)7-4-2-6(8)3-5-7/h2,4-5H,1H3. The van der Waals surface area contributed by atoms with Crippen LogP contribution in [0.15, 0.2) is 23.1 Å². The van der Waals surface area contributed by atoms with Gasteiger partial charge in [0.2, 0.25) is 0 Å². The van der Waals surface area contributed by atoms with Crippen molar-refractivity contribution in [3.05, 3.63) is 30.1 Å². The van der Waals surface area contributed by atoms with Crippen molar-refractivity contribution in [2.45, 2.75) is 4.90 Å². The molecule has 1 nitrogen and oxygen atoms in total. The maximum absolute atomic E-state index is 12.2. The first-order chi connectivity index (χ1) is 4.70. The summed E-state index contributed by atoms with van der Waals surface area (Å²) in [7, 11) is 0. The Balaban J connectivity index is 2.89. The molecule has 0 aliphatic heterocycles. The van der Waals surface area contributed by atoms with Gasteiger partial charge >= 0.3 is 0 Å². The van der Waals surface area contributed by atoms with E-state index in [4.69, 9.17) is 0 Å². The molecule has 0 spiro atoms. The molecule has 1 unspecified atom stereocenters. The molecule has 10 heavy (non-hydrogen) atoms. The summed E-state index contributed by atoms with van der Waals surface area (Å²) < 4.78 is 22.9. The second-order valence-corrected chi connectivity index (χ2v) is 3.21. The quantitative estimate of drug-likeness (QED) is 0.564. The average Bonchev–Trinajstić information content (AvgIpc) is 1.88. The average molecular weight is 157 g/mol. The van der Waals surface area contributed by atoms with E-state index in [-0.39, 0.29) is 0 Å². The van der Waals surface area contributed by atoms with Crippen LogP contribution in [0.2, 0.25) is 0 Å². The monoisotopic (exact) mass is 157 g/mol. The molecule has 0 amide bonds. The van der Waals surface area contributed by atoms with Crippen molar-refractivity contribution in [3.8, 4) is 0 Å². The highest BCUT2D eigenvalue weighted by molar-refractivity contribution is 7.90. The fraction of sp³-hybridized carbons (Fsp3) is 0.143. The summed E-state index contributed by atoms with van der Waals surface area (Å²) in [6.45, 7) is 0. The first kappa shape index (κ1) is 7.57. The minimum Gasteiger partial charge on any atom is -0.612 e. The third-order valence-electron chi connectivity index (χ3n) is 1.08. The summed E-state index contributed by atoms with van der Waals surface area (Å²) in [4.78, 5) is 0.599. The van der Waals surface area contributed by atoms with E-state index in [1.807, 2.05) is 0 Å². The summed E-state index contributed by atoms with van der Waals surface area (Å²) >= 11 is -1.04. The Morgan fingerprint density at radius 1 is 1.60 bits per heavy atom. The molecular weight excluding hydrogens is 151 g/mol. The summed E-state index contributed by atoms with van der Waals surface area (Å²) in [5.41, 5.74) is 0. The SMILES string of the molecule is C[S+]([O-])c1c[c]c(F)cc1. The van der Waals surface area contributed by atoms with Gasteiger partial charge in [-0.25, -0.2) is 4.39 Å². The molecule has 0 aliphatic carbocycles. The first-order valence-electron chi connectivity index (χ1n) is 2.71. The molecule has 0 saturated carbocycles. The van der Waals surface area contributed by atoms with Gasteiger partial charge in [0.25, 0.3) is 0 Å². The van der Waals surface area contributed by atoms with Crippen LogP contribution < -0.4 is 0 Å². The lowest BCUT2D eigenvalue weighted by Crippen LogP contribution is -1.96. The Hall–Kier alpha value is -0.540. The molecule has 1 aromatic carbocycles. The predicted octanol–water partition coefficient (Wildman–Crippen LogP) is 1.36. The molecule has 0 heterocycles. The van der Waals surface area contributed by atoms with Crippen LogP contribution >= 0.6 is 0 Å². The van der Waals surface area contributed by atoms with Gasteiger partial charge in [-0.2, -0.15) is 0 Å². The summed E-state index contributed by atoms with van der Waals surface area (Å²) in [5, 5.41) is 0. The molecule has 1 rings (SSSR count). The van der Waals surface area contributed by atoms with E-state index >= 15 is 0 Å². The molecule has 0 aromatic heterocycles. The van der Waals surface area contributed by atoms with Crippen molar-refractivity contribution < 1.29 is 8.94 Å². The van der Waals surface area contributed by atoms with Gasteiger partial charge in [0, 0.05) is 12.1 Å². The molecule has 1 atom stereocenters. The van der Waals surface area contributed by atoms with Crippen LogP contribution in [0.1, 0.15) is 0 Å². The molecular formula is C7H6FOS. The van der Waals surface area contributed by atoms with Gasteiger partial charge in [0.15, 0.2) is 4.90 Å². The Morgan fingerprint density at radius 2 is 2.30 bits per heavy atom. The van der Waals surface area contributed by atoms with Crippen LogP contribution in [0.3, 0.4) is 0 Å². The number of rotatable bonds is 1. The van der Waals surface area contributed by atoms with Crippen LogP contribution in [-0.4, -0.2) is 10.8 Å². The van der Waals surface area contributed by atoms with Gasteiger partial charge in [0.1, 0.15) is 12.1 Å². The Kier molecular flexibility index (Phi) is 2.29.